The first-order chi connectivity index (χ1) is 9.47. The molecule has 0 saturated heterocycles. The van der Waals surface area contributed by atoms with Gasteiger partial charge in [0.25, 0.3) is 0 Å². The highest BCUT2D eigenvalue weighted by atomic mass is 32.1. The lowest BCUT2D eigenvalue weighted by molar-refractivity contribution is -0.131. The normalized spacial score (nSPS) is 13.4. The van der Waals surface area contributed by atoms with Gasteiger partial charge in [0, 0.05) is 17.7 Å². The minimum atomic E-state index is -0.989. The zero-order valence-corrected chi connectivity index (χ0v) is 12.6. The quantitative estimate of drug-likeness (QED) is 0.830. The predicted octanol–water partition coefficient (Wildman–Crippen LogP) is 3.31. The third kappa shape index (κ3) is 3.39. The Kier molecular flexibility index (Phi) is 4.44. The van der Waals surface area contributed by atoms with Crippen molar-refractivity contribution in [2.75, 3.05) is 0 Å². The van der Waals surface area contributed by atoms with Crippen LogP contribution >= 0.6 is 11.3 Å². The van der Waals surface area contributed by atoms with E-state index in [1.54, 1.807) is 0 Å². The van der Waals surface area contributed by atoms with Crippen molar-refractivity contribution in [2.24, 2.45) is 5.92 Å². The molecule has 1 unspecified atom stereocenters. The van der Waals surface area contributed by atoms with Crippen molar-refractivity contribution in [3.05, 3.63) is 23.3 Å². The molecule has 0 aromatic carbocycles. The van der Waals surface area contributed by atoms with Crippen molar-refractivity contribution in [1.82, 2.24) is 9.38 Å². The van der Waals surface area contributed by atoms with E-state index in [4.69, 9.17) is 9.84 Å². The molecular weight excluding hydrogens is 276 g/mol. The largest absolute Gasteiger partial charge is 0.478 e. The van der Waals surface area contributed by atoms with Gasteiger partial charge in [-0.05, 0) is 25.3 Å². The van der Waals surface area contributed by atoms with E-state index in [0.29, 0.717) is 17.5 Å². The molecule has 0 bridgehead atoms. The molecule has 0 spiro atoms. The van der Waals surface area contributed by atoms with E-state index in [1.165, 1.54) is 17.4 Å². The number of aliphatic carboxylic acids is 1. The number of thiazole rings is 1. The average molecular weight is 294 g/mol. The van der Waals surface area contributed by atoms with Crippen molar-refractivity contribution in [1.29, 1.82) is 0 Å². The van der Waals surface area contributed by atoms with Crippen LogP contribution in [0.15, 0.2) is 17.7 Å². The van der Waals surface area contributed by atoms with E-state index in [2.05, 4.69) is 18.8 Å². The summed E-state index contributed by atoms with van der Waals surface area (Å²) >= 11 is 1.49. The first-order valence-corrected chi connectivity index (χ1v) is 7.38. The maximum Gasteiger partial charge on any atom is 0.328 e. The Hall–Kier alpha value is -1.82. The molecule has 0 aliphatic rings. The number of nitrogens with zero attached hydrogens (tertiary/aromatic N) is 2. The molecule has 2 aromatic heterocycles. The first kappa shape index (κ1) is 14.6. The van der Waals surface area contributed by atoms with Crippen LogP contribution in [0.2, 0.25) is 0 Å². The number of hydrogen-bond donors (Lipinski definition) is 1. The van der Waals surface area contributed by atoms with E-state index < -0.39 is 5.97 Å². The number of rotatable bonds is 6. The number of ether oxygens (including phenoxy) is 1. The second kappa shape index (κ2) is 6.09. The number of carboxylic acid groups (broad SMARTS) is 1. The Morgan fingerprint density at radius 2 is 2.30 bits per heavy atom. The highest BCUT2D eigenvalue weighted by Crippen LogP contribution is 2.26. The topological polar surface area (TPSA) is 63.8 Å². The van der Waals surface area contributed by atoms with Gasteiger partial charge in [0.2, 0.25) is 5.88 Å². The van der Waals surface area contributed by atoms with E-state index >= 15 is 0 Å². The van der Waals surface area contributed by atoms with Gasteiger partial charge >= 0.3 is 5.97 Å². The number of aromatic nitrogens is 2. The molecule has 0 aliphatic carbocycles. The van der Waals surface area contributed by atoms with Gasteiger partial charge in [-0.2, -0.15) is 4.98 Å². The second-order valence-electron chi connectivity index (χ2n) is 5.09. The maximum absolute atomic E-state index is 10.7. The summed E-state index contributed by atoms with van der Waals surface area (Å²) in [5.74, 6) is 0.0330. The molecule has 0 saturated carbocycles. The third-order valence-corrected chi connectivity index (χ3v) is 3.52. The standard InChI is InChI=1S/C14H18N2O3S/c1-9(2)8-10(3)19-13-11(4-5-12(17)18)16-6-7-20-14(16)15-13/h4-7,9-10H,8H2,1-3H3,(H,17,18)/b5-4+. The molecule has 0 radical (unpaired) electrons. The summed E-state index contributed by atoms with van der Waals surface area (Å²) in [5.41, 5.74) is 0.666. The van der Waals surface area contributed by atoms with Gasteiger partial charge < -0.3 is 9.84 Å². The summed E-state index contributed by atoms with van der Waals surface area (Å²) in [6.07, 6.45) is 5.44. The number of carbonyl (C=O) groups is 1. The molecule has 20 heavy (non-hydrogen) atoms. The van der Waals surface area contributed by atoms with Crippen LogP contribution in [0, 0.1) is 5.92 Å². The summed E-state index contributed by atoms with van der Waals surface area (Å²) < 4.78 is 7.70. The minimum absolute atomic E-state index is 0.0385. The minimum Gasteiger partial charge on any atom is -0.478 e. The molecule has 0 fully saturated rings. The van der Waals surface area contributed by atoms with E-state index in [1.807, 2.05) is 22.9 Å². The molecule has 0 aliphatic heterocycles. The molecule has 2 rings (SSSR count). The summed E-state index contributed by atoms with van der Waals surface area (Å²) in [4.78, 5) is 15.9. The van der Waals surface area contributed by atoms with Gasteiger partial charge in [-0.25, -0.2) is 4.79 Å². The van der Waals surface area contributed by atoms with Crippen LogP contribution in [0.4, 0.5) is 0 Å². The van der Waals surface area contributed by atoms with Crippen LogP contribution in [0.25, 0.3) is 11.0 Å². The van der Waals surface area contributed by atoms with E-state index in [9.17, 15) is 4.79 Å². The molecule has 5 nitrogen and oxygen atoms in total. The summed E-state index contributed by atoms with van der Waals surface area (Å²) in [6, 6.07) is 0. The second-order valence-corrected chi connectivity index (χ2v) is 5.96. The van der Waals surface area contributed by atoms with E-state index in [0.717, 1.165) is 17.5 Å². The lowest BCUT2D eigenvalue weighted by Crippen LogP contribution is -2.15. The van der Waals surface area contributed by atoms with Gasteiger partial charge in [-0.15, -0.1) is 11.3 Å². The fourth-order valence-corrected chi connectivity index (χ4v) is 2.79. The van der Waals surface area contributed by atoms with Gasteiger partial charge in [0.1, 0.15) is 5.69 Å². The molecule has 1 N–H and O–H groups in total. The molecule has 2 aromatic rings. The van der Waals surface area contributed by atoms with Crippen LogP contribution in [0.1, 0.15) is 32.9 Å². The van der Waals surface area contributed by atoms with Gasteiger partial charge in [0.15, 0.2) is 4.96 Å². The number of imidazole rings is 1. The molecule has 1 atom stereocenters. The van der Waals surface area contributed by atoms with Crippen molar-refractivity contribution in [3.8, 4) is 5.88 Å². The fourth-order valence-electron chi connectivity index (χ4n) is 2.07. The molecule has 2 heterocycles. The zero-order valence-electron chi connectivity index (χ0n) is 11.7. The van der Waals surface area contributed by atoms with Crippen LogP contribution in [0.5, 0.6) is 5.88 Å². The Morgan fingerprint density at radius 1 is 1.55 bits per heavy atom. The lowest BCUT2D eigenvalue weighted by Gasteiger charge is -2.15. The van der Waals surface area contributed by atoms with Crippen molar-refractivity contribution < 1.29 is 14.6 Å². The van der Waals surface area contributed by atoms with E-state index in [-0.39, 0.29) is 6.10 Å². The summed E-state index contributed by atoms with van der Waals surface area (Å²) in [5, 5.41) is 10.7. The summed E-state index contributed by atoms with van der Waals surface area (Å²) in [7, 11) is 0. The molecule has 6 heteroatoms. The van der Waals surface area contributed by atoms with Crippen LogP contribution in [-0.4, -0.2) is 26.6 Å². The predicted molar refractivity (Wildman–Crippen MR) is 79.3 cm³/mol. The third-order valence-electron chi connectivity index (χ3n) is 2.77. The van der Waals surface area contributed by atoms with Crippen molar-refractivity contribution in [2.45, 2.75) is 33.3 Å². The zero-order chi connectivity index (χ0) is 14.7. The lowest BCUT2D eigenvalue weighted by atomic mass is 10.1. The Labute approximate surface area is 121 Å². The van der Waals surface area contributed by atoms with Crippen LogP contribution in [0.3, 0.4) is 0 Å². The van der Waals surface area contributed by atoms with Gasteiger partial charge in [-0.1, -0.05) is 13.8 Å². The highest BCUT2D eigenvalue weighted by molar-refractivity contribution is 7.15. The van der Waals surface area contributed by atoms with Crippen molar-refractivity contribution >= 4 is 28.3 Å². The SMILES string of the molecule is CC(C)CC(C)Oc1nc2sccn2c1/C=C/C(=O)O. The van der Waals surface area contributed by atoms with Crippen molar-refractivity contribution in [3.63, 3.8) is 0 Å². The Balaban J connectivity index is 2.29. The molecule has 0 amide bonds. The summed E-state index contributed by atoms with van der Waals surface area (Å²) in [6.45, 7) is 6.27. The molecular formula is C14H18N2O3S. The smallest absolute Gasteiger partial charge is 0.328 e. The number of hydrogen-bond acceptors (Lipinski definition) is 4. The first-order valence-electron chi connectivity index (χ1n) is 6.50. The molecule has 108 valence electrons. The number of carboxylic acids is 1. The Bertz CT molecular complexity index is 627. The number of fused-ring (bicyclic) bond motifs is 1. The highest BCUT2D eigenvalue weighted by Gasteiger charge is 2.16. The van der Waals surface area contributed by atoms with Crippen LogP contribution in [-0.2, 0) is 4.79 Å². The van der Waals surface area contributed by atoms with Gasteiger partial charge in [-0.3, -0.25) is 4.40 Å². The maximum atomic E-state index is 10.7. The van der Waals surface area contributed by atoms with Crippen LogP contribution < -0.4 is 4.74 Å². The monoisotopic (exact) mass is 294 g/mol. The van der Waals surface area contributed by atoms with Gasteiger partial charge in [0.05, 0.1) is 6.10 Å². The fraction of sp³-hybridized carbons (Fsp3) is 0.429. The Morgan fingerprint density at radius 3 is 2.95 bits per heavy atom. The average Bonchev–Trinajstić information content (AvgIpc) is 2.85.